The van der Waals surface area contributed by atoms with Crippen LogP contribution in [0.25, 0.3) is 0 Å². The van der Waals surface area contributed by atoms with Crippen molar-refractivity contribution in [3.8, 4) is 0 Å². The molecule has 1 N–H and O–H groups in total. The third-order valence-electron chi connectivity index (χ3n) is 2.75. The van der Waals surface area contributed by atoms with Crippen molar-refractivity contribution in [2.24, 2.45) is 5.92 Å². The molecule has 1 aliphatic heterocycles. The fourth-order valence-corrected chi connectivity index (χ4v) is 1.87. The van der Waals surface area contributed by atoms with Crippen LogP contribution in [0, 0.1) is 5.92 Å². The summed E-state index contributed by atoms with van der Waals surface area (Å²) in [5, 5.41) is 8.89. The molecule has 0 aliphatic carbocycles. The number of aromatic nitrogens is 2. The molecule has 0 saturated heterocycles. The zero-order valence-electron chi connectivity index (χ0n) is 8.23. The van der Waals surface area contributed by atoms with E-state index in [9.17, 15) is 4.79 Å². The maximum atomic E-state index is 10.8. The highest BCUT2D eigenvalue weighted by Crippen LogP contribution is 2.20. The lowest BCUT2D eigenvalue weighted by Gasteiger charge is -2.19. The minimum Gasteiger partial charge on any atom is -0.481 e. The van der Waals surface area contributed by atoms with Gasteiger partial charge in [-0.2, -0.15) is 0 Å². The molecule has 1 unspecified atom stereocenters. The Kier molecular flexibility index (Phi) is 2.27. The molecule has 0 bridgehead atoms. The van der Waals surface area contributed by atoms with E-state index in [1.807, 2.05) is 10.8 Å². The first kappa shape index (κ1) is 9.24. The van der Waals surface area contributed by atoms with E-state index < -0.39 is 5.97 Å². The van der Waals surface area contributed by atoms with Crippen molar-refractivity contribution in [2.75, 3.05) is 0 Å². The van der Waals surface area contributed by atoms with Crippen molar-refractivity contribution in [1.82, 2.24) is 9.55 Å². The van der Waals surface area contributed by atoms with Gasteiger partial charge in [0.15, 0.2) is 0 Å². The maximum Gasteiger partial charge on any atom is 0.308 e. The van der Waals surface area contributed by atoms with E-state index in [2.05, 4.69) is 11.9 Å². The van der Waals surface area contributed by atoms with Gasteiger partial charge in [0.1, 0.15) is 5.82 Å². The molecule has 2 rings (SSSR count). The molecule has 4 nitrogen and oxygen atoms in total. The molecule has 0 spiro atoms. The molecule has 4 heteroatoms. The van der Waals surface area contributed by atoms with E-state index in [0.717, 1.165) is 30.8 Å². The standard InChI is InChI=1S/C10H14N2O2/c1-2-8-6-12-5-7(10(13)14)3-4-9(12)11-8/h6-7H,2-5H2,1H3,(H,13,14). The molecule has 0 aromatic carbocycles. The molecule has 14 heavy (non-hydrogen) atoms. The molecule has 2 heterocycles. The van der Waals surface area contributed by atoms with Gasteiger partial charge in [-0.1, -0.05) is 6.92 Å². The molecule has 0 radical (unpaired) electrons. The van der Waals surface area contributed by atoms with Crippen LogP contribution in [0.3, 0.4) is 0 Å². The highest BCUT2D eigenvalue weighted by Gasteiger charge is 2.24. The molecule has 1 aromatic heterocycles. The summed E-state index contributed by atoms with van der Waals surface area (Å²) in [6.45, 7) is 2.64. The normalized spacial score (nSPS) is 20.5. The first-order chi connectivity index (χ1) is 6.70. The Morgan fingerprint density at radius 1 is 1.79 bits per heavy atom. The first-order valence-electron chi connectivity index (χ1n) is 4.98. The van der Waals surface area contributed by atoms with Crippen LogP contribution in [0.5, 0.6) is 0 Å². The Morgan fingerprint density at radius 3 is 3.21 bits per heavy atom. The molecule has 0 amide bonds. The summed E-state index contributed by atoms with van der Waals surface area (Å²) >= 11 is 0. The van der Waals surface area contributed by atoms with Crippen molar-refractivity contribution in [2.45, 2.75) is 32.7 Å². The third-order valence-corrected chi connectivity index (χ3v) is 2.75. The van der Waals surface area contributed by atoms with Gasteiger partial charge < -0.3 is 9.67 Å². The number of aryl methyl sites for hydroxylation is 2. The number of hydrogen-bond donors (Lipinski definition) is 1. The quantitative estimate of drug-likeness (QED) is 0.766. The number of aliphatic carboxylic acids is 1. The third kappa shape index (κ3) is 1.52. The number of rotatable bonds is 2. The number of nitrogens with zero attached hydrogens (tertiary/aromatic N) is 2. The predicted molar refractivity (Wildman–Crippen MR) is 51.1 cm³/mol. The fraction of sp³-hybridized carbons (Fsp3) is 0.600. The average molecular weight is 194 g/mol. The molecular formula is C10H14N2O2. The number of fused-ring (bicyclic) bond motifs is 1. The second-order valence-electron chi connectivity index (χ2n) is 3.73. The van der Waals surface area contributed by atoms with Gasteiger partial charge in [-0.15, -0.1) is 0 Å². The summed E-state index contributed by atoms with van der Waals surface area (Å²) in [6.07, 6.45) is 4.40. The first-order valence-corrected chi connectivity index (χ1v) is 4.98. The second kappa shape index (κ2) is 3.44. The summed E-state index contributed by atoms with van der Waals surface area (Å²) in [6, 6.07) is 0. The lowest BCUT2D eigenvalue weighted by molar-refractivity contribution is -0.142. The van der Waals surface area contributed by atoms with Gasteiger partial charge in [-0.25, -0.2) is 4.98 Å². The van der Waals surface area contributed by atoms with Crippen LogP contribution in [0.15, 0.2) is 6.20 Å². The molecule has 76 valence electrons. The fourth-order valence-electron chi connectivity index (χ4n) is 1.87. The van der Waals surface area contributed by atoms with Gasteiger partial charge >= 0.3 is 5.97 Å². The summed E-state index contributed by atoms with van der Waals surface area (Å²) in [4.78, 5) is 15.2. The summed E-state index contributed by atoms with van der Waals surface area (Å²) in [5.41, 5.74) is 1.06. The molecule has 1 aromatic rings. The van der Waals surface area contributed by atoms with E-state index in [1.165, 1.54) is 0 Å². The Labute approximate surface area is 82.6 Å². The summed E-state index contributed by atoms with van der Waals surface area (Å²) in [5.74, 6) is 0.114. The molecule has 0 saturated carbocycles. The predicted octanol–water partition coefficient (Wildman–Crippen LogP) is 1.09. The van der Waals surface area contributed by atoms with E-state index >= 15 is 0 Å². The van der Waals surface area contributed by atoms with Crippen molar-refractivity contribution < 1.29 is 9.90 Å². The monoisotopic (exact) mass is 194 g/mol. The lowest BCUT2D eigenvalue weighted by atomic mass is 10.00. The zero-order chi connectivity index (χ0) is 10.1. The van der Waals surface area contributed by atoms with Gasteiger partial charge in [0, 0.05) is 19.2 Å². The lowest BCUT2D eigenvalue weighted by Crippen LogP contribution is -2.26. The SMILES string of the molecule is CCc1cn2c(n1)CCC(C(=O)O)C2. The van der Waals surface area contributed by atoms with Crippen LogP contribution in [0.4, 0.5) is 0 Å². The number of imidazole rings is 1. The van der Waals surface area contributed by atoms with E-state index in [0.29, 0.717) is 6.54 Å². The molecule has 1 atom stereocenters. The number of carboxylic acids is 1. The van der Waals surface area contributed by atoms with Gasteiger partial charge in [0.05, 0.1) is 11.6 Å². The summed E-state index contributed by atoms with van der Waals surface area (Å²) in [7, 11) is 0. The minimum absolute atomic E-state index is 0.235. The number of hydrogen-bond acceptors (Lipinski definition) is 2. The Hall–Kier alpha value is -1.32. The Bertz CT molecular complexity index is 357. The number of carboxylic acid groups (broad SMARTS) is 1. The van der Waals surface area contributed by atoms with E-state index in [4.69, 9.17) is 5.11 Å². The van der Waals surface area contributed by atoms with Gasteiger partial charge in [-0.3, -0.25) is 4.79 Å². The van der Waals surface area contributed by atoms with Crippen LogP contribution < -0.4 is 0 Å². The average Bonchev–Trinajstić information content (AvgIpc) is 2.58. The topological polar surface area (TPSA) is 55.1 Å². The van der Waals surface area contributed by atoms with Crippen LogP contribution in [-0.2, 0) is 24.2 Å². The molecule has 1 aliphatic rings. The van der Waals surface area contributed by atoms with Crippen molar-refractivity contribution in [1.29, 1.82) is 0 Å². The Morgan fingerprint density at radius 2 is 2.57 bits per heavy atom. The number of carbonyl (C=O) groups is 1. The smallest absolute Gasteiger partial charge is 0.308 e. The van der Waals surface area contributed by atoms with Gasteiger partial charge in [0.2, 0.25) is 0 Å². The second-order valence-corrected chi connectivity index (χ2v) is 3.73. The molecular weight excluding hydrogens is 180 g/mol. The van der Waals surface area contributed by atoms with Crippen LogP contribution in [0.1, 0.15) is 24.9 Å². The van der Waals surface area contributed by atoms with Crippen LogP contribution in [-0.4, -0.2) is 20.6 Å². The highest BCUT2D eigenvalue weighted by atomic mass is 16.4. The van der Waals surface area contributed by atoms with E-state index in [1.54, 1.807) is 0 Å². The van der Waals surface area contributed by atoms with Gasteiger partial charge in [0.25, 0.3) is 0 Å². The molecule has 0 fully saturated rings. The largest absolute Gasteiger partial charge is 0.481 e. The maximum absolute atomic E-state index is 10.8. The minimum atomic E-state index is -0.692. The van der Waals surface area contributed by atoms with Crippen molar-refractivity contribution in [3.05, 3.63) is 17.7 Å². The van der Waals surface area contributed by atoms with Crippen molar-refractivity contribution in [3.63, 3.8) is 0 Å². The summed E-state index contributed by atoms with van der Waals surface area (Å²) < 4.78 is 1.99. The van der Waals surface area contributed by atoms with Crippen LogP contribution in [0.2, 0.25) is 0 Å². The Balaban J connectivity index is 2.21. The van der Waals surface area contributed by atoms with Crippen molar-refractivity contribution >= 4 is 5.97 Å². The van der Waals surface area contributed by atoms with Crippen LogP contribution >= 0.6 is 0 Å². The van der Waals surface area contributed by atoms with E-state index in [-0.39, 0.29) is 5.92 Å². The van der Waals surface area contributed by atoms with Gasteiger partial charge in [-0.05, 0) is 12.8 Å². The highest BCUT2D eigenvalue weighted by molar-refractivity contribution is 5.70. The zero-order valence-corrected chi connectivity index (χ0v) is 8.23.